The average Bonchev–Trinajstić information content (AvgIpc) is 3.15. The average molecular weight is 434 g/mol. The monoisotopic (exact) mass is 433 g/mol. The number of pyridine rings is 1. The van der Waals surface area contributed by atoms with Gasteiger partial charge in [0.2, 0.25) is 0 Å². The summed E-state index contributed by atoms with van der Waals surface area (Å²) in [6.45, 7) is 4.15. The van der Waals surface area contributed by atoms with Crippen molar-refractivity contribution in [2.24, 2.45) is 17.3 Å². The van der Waals surface area contributed by atoms with Crippen LogP contribution in [0.25, 0.3) is 0 Å². The van der Waals surface area contributed by atoms with Crippen LogP contribution in [0.4, 0.5) is 0 Å². The van der Waals surface area contributed by atoms with Crippen LogP contribution >= 0.6 is 0 Å². The van der Waals surface area contributed by atoms with Gasteiger partial charge in [-0.2, -0.15) is 0 Å². The molecule has 5 nitrogen and oxygen atoms in total. The molecule has 3 aliphatic rings. The van der Waals surface area contributed by atoms with Crippen molar-refractivity contribution in [1.82, 2.24) is 4.98 Å². The molecule has 0 radical (unpaired) electrons. The molecule has 5 rings (SSSR count). The number of carbonyl (C=O) groups is 2. The molecule has 0 spiro atoms. The largest absolute Gasteiger partial charge is 0.457 e. The van der Waals surface area contributed by atoms with Crippen molar-refractivity contribution in [2.45, 2.75) is 70.8 Å². The van der Waals surface area contributed by atoms with Crippen LogP contribution in [0.1, 0.15) is 79.9 Å². The third kappa shape index (κ3) is 3.62. The highest BCUT2D eigenvalue weighted by molar-refractivity contribution is 5.87. The molecule has 3 aliphatic carbocycles. The van der Waals surface area contributed by atoms with E-state index >= 15 is 0 Å². The molecule has 168 valence electrons. The Kier molecular flexibility index (Phi) is 5.52. The lowest BCUT2D eigenvalue weighted by Crippen LogP contribution is -2.45. The van der Waals surface area contributed by atoms with Crippen LogP contribution in [0.2, 0.25) is 0 Å². The maximum Gasteiger partial charge on any atom is 0.357 e. The highest BCUT2D eigenvalue weighted by Crippen LogP contribution is 2.61. The van der Waals surface area contributed by atoms with E-state index in [0.29, 0.717) is 35.6 Å². The Balaban J connectivity index is 1.33. The van der Waals surface area contributed by atoms with E-state index in [4.69, 9.17) is 9.47 Å². The third-order valence-electron chi connectivity index (χ3n) is 8.25. The molecule has 2 aromatic rings. The van der Waals surface area contributed by atoms with Crippen LogP contribution in [-0.2, 0) is 16.0 Å². The summed E-state index contributed by atoms with van der Waals surface area (Å²) in [5.41, 5.74) is 3.17. The zero-order valence-electron chi connectivity index (χ0n) is 18.9. The number of fused-ring (bicyclic) bond motifs is 5. The number of nitrogens with zero attached hydrogens (tertiary/aromatic N) is 1. The van der Waals surface area contributed by atoms with E-state index in [0.717, 1.165) is 38.5 Å². The molecule has 5 unspecified atom stereocenters. The van der Waals surface area contributed by atoms with Crippen LogP contribution < -0.4 is 4.74 Å². The van der Waals surface area contributed by atoms with Crippen molar-refractivity contribution in [3.63, 3.8) is 0 Å². The molecule has 2 fully saturated rings. The van der Waals surface area contributed by atoms with Gasteiger partial charge in [0.25, 0.3) is 0 Å². The fourth-order valence-corrected chi connectivity index (χ4v) is 6.64. The molecule has 0 N–H and O–H groups in total. The predicted octanol–water partition coefficient (Wildman–Crippen LogP) is 5.48. The topological polar surface area (TPSA) is 65.5 Å². The van der Waals surface area contributed by atoms with Crippen molar-refractivity contribution < 1.29 is 19.1 Å². The number of ether oxygens (including phenoxy) is 2. The predicted molar refractivity (Wildman–Crippen MR) is 120 cm³/mol. The summed E-state index contributed by atoms with van der Waals surface area (Å²) in [7, 11) is 0. The molecule has 32 heavy (non-hydrogen) atoms. The van der Waals surface area contributed by atoms with E-state index < -0.39 is 0 Å². The molecule has 0 amide bonds. The fourth-order valence-electron chi connectivity index (χ4n) is 6.64. The smallest absolute Gasteiger partial charge is 0.357 e. The summed E-state index contributed by atoms with van der Waals surface area (Å²) >= 11 is 0. The van der Waals surface area contributed by atoms with E-state index in [1.54, 1.807) is 12.3 Å². The maximum atomic E-state index is 12.7. The minimum absolute atomic E-state index is 0.0275. The number of hydrogen-bond acceptors (Lipinski definition) is 5. The number of benzene rings is 1. The van der Waals surface area contributed by atoms with Crippen molar-refractivity contribution in [3.8, 4) is 5.75 Å². The van der Waals surface area contributed by atoms with Crippen LogP contribution in [0, 0.1) is 17.3 Å². The standard InChI is InChI=1S/C27H31NO4/c1-3-25(29)31-18-8-10-19-17(16-18)7-9-21-20(19)13-14-27(2)22(21)11-12-24(27)32-26(30)23-6-4-5-15-28-23/h4-6,8,10,15-16,20-22,24H,3,7,9,11-14H2,1-2H3. The first-order valence-corrected chi connectivity index (χ1v) is 11.9. The van der Waals surface area contributed by atoms with Gasteiger partial charge in [-0.3, -0.25) is 4.79 Å². The minimum Gasteiger partial charge on any atom is -0.457 e. The van der Waals surface area contributed by atoms with Crippen LogP contribution in [0.15, 0.2) is 42.6 Å². The lowest BCUT2D eigenvalue weighted by atomic mass is 9.55. The van der Waals surface area contributed by atoms with Crippen LogP contribution in [0.3, 0.4) is 0 Å². The number of rotatable bonds is 4. The Morgan fingerprint density at radius 3 is 2.78 bits per heavy atom. The number of aromatic nitrogens is 1. The molecule has 0 aliphatic heterocycles. The Morgan fingerprint density at radius 2 is 2.00 bits per heavy atom. The second-order valence-corrected chi connectivity index (χ2v) is 9.83. The Morgan fingerprint density at radius 1 is 1.12 bits per heavy atom. The van der Waals surface area contributed by atoms with E-state index in [1.165, 1.54) is 11.1 Å². The number of hydrogen-bond donors (Lipinski definition) is 0. The zero-order chi connectivity index (χ0) is 22.3. The van der Waals surface area contributed by atoms with Crippen LogP contribution in [0.5, 0.6) is 5.75 Å². The maximum absolute atomic E-state index is 12.7. The molecule has 1 aromatic heterocycles. The Bertz CT molecular complexity index is 1020. The summed E-state index contributed by atoms with van der Waals surface area (Å²) < 4.78 is 11.5. The molecule has 0 saturated heterocycles. The summed E-state index contributed by atoms with van der Waals surface area (Å²) in [5, 5.41) is 0. The molecular weight excluding hydrogens is 402 g/mol. The highest BCUT2D eigenvalue weighted by atomic mass is 16.5. The second kappa shape index (κ2) is 8.34. The van der Waals surface area contributed by atoms with Crippen molar-refractivity contribution in [2.75, 3.05) is 0 Å². The van der Waals surface area contributed by atoms with Crippen molar-refractivity contribution >= 4 is 11.9 Å². The molecular formula is C27H31NO4. The van der Waals surface area contributed by atoms with Gasteiger partial charge in [0.05, 0.1) is 0 Å². The van der Waals surface area contributed by atoms with Gasteiger partial charge in [0.1, 0.15) is 17.5 Å². The summed E-state index contributed by atoms with van der Waals surface area (Å²) in [6.07, 6.45) is 8.34. The van der Waals surface area contributed by atoms with Crippen molar-refractivity contribution in [1.29, 1.82) is 0 Å². The van der Waals surface area contributed by atoms with E-state index in [2.05, 4.69) is 24.0 Å². The quantitative estimate of drug-likeness (QED) is 0.472. The number of aryl methyl sites for hydroxylation is 1. The highest BCUT2D eigenvalue weighted by Gasteiger charge is 2.56. The molecule has 1 heterocycles. The van der Waals surface area contributed by atoms with Gasteiger partial charge in [-0.25, -0.2) is 9.78 Å². The van der Waals surface area contributed by atoms with Gasteiger partial charge in [-0.15, -0.1) is 0 Å². The third-order valence-corrected chi connectivity index (χ3v) is 8.25. The second-order valence-electron chi connectivity index (χ2n) is 9.83. The molecule has 2 saturated carbocycles. The lowest BCUT2D eigenvalue weighted by molar-refractivity contribution is -0.134. The Hall–Kier alpha value is -2.69. The minimum atomic E-state index is -0.303. The fraction of sp³-hybridized carbons (Fsp3) is 0.519. The summed E-state index contributed by atoms with van der Waals surface area (Å²) in [4.78, 5) is 28.5. The summed E-state index contributed by atoms with van der Waals surface area (Å²) in [6, 6.07) is 11.6. The van der Waals surface area contributed by atoms with Gasteiger partial charge in [0.15, 0.2) is 0 Å². The van der Waals surface area contributed by atoms with Gasteiger partial charge >= 0.3 is 11.9 Å². The molecule has 1 aromatic carbocycles. The van der Waals surface area contributed by atoms with Gasteiger partial charge < -0.3 is 9.47 Å². The van der Waals surface area contributed by atoms with Crippen molar-refractivity contribution in [3.05, 3.63) is 59.4 Å². The van der Waals surface area contributed by atoms with Gasteiger partial charge in [-0.05, 0) is 91.7 Å². The lowest BCUT2D eigenvalue weighted by Gasteiger charge is -2.50. The first-order valence-electron chi connectivity index (χ1n) is 11.9. The number of carbonyl (C=O) groups excluding carboxylic acids is 2. The van der Waals surface area contributed by atoms with E-state index in [9.17, 15) is 9.59 Å². The zero-order valence-corrected chi connectivity index (χ0v) is 18.9. The Labute approximate surface area is 189 Å². The van der Waals surface area contributed by atoms with E-state index in [-0.39, 0.29) is 23.5 Å². The van der Waals surface area contributed by atoms with Gasteiger partial charge in [-0.1, -0.05) is 26.0 Å². The molecule has 5 atom stereocenters. The molecule has 0 bridgehead atoms. The van der Waals surface area contributed by atoms with Gasteiger partial charge in [0, 0.05) is 18.0 Å². The summed E-state index contributed by atoms with van der Waals surface area (Å²) in [5.74, 6) is 1.89. The number of esters is 2. The molecule has 5 heteroatoms. The first kappa shape index (κ1) is 21.2. The van der Waals surface area contributed by atoms with Crippen LogP contribution in [-0.4, -0.2) is 23.0 Å². The first-order chi connectivity index (χ1) is 15.5. The normalized spacial score (nSPS) is 30.6. The van der Waals surface area contributed by atoms with E-state index in [1.807, 2.05) is 25.1 Å². The SMILES string of the molecule is CCC(=O)Oc1ccc2c(c1)CCC1C2CCC2(C)C(OC(=O)c3ccccn3)CCC12.